The molecule has 0 aromatic rings. The normalized spacial score (nSPS) is 14.7. The predicted octanol–water partition coefficient (Wildman–Crippen LogP) is 8.61. The molecule has 153 valence electrons. The molecule has 0 aliphatic heterocycles. The maximum absolute atomic E-state index is 3.63. The van der Waals surface area contributed by atoms with Crippen LogP contribution in [0.4, 0.5) is 0 Å². The smallest absolute Gasteiger partial charge is 0 e. The molecule has 0 aliphatic rings. The summed E-state index contributed by atoms with van der Waals surface area (Å²) >= 11 is 0. The second kappa shape index (κ2) is 14.6. The van der Waals surface area contributed by atoms with E-state index in [4.69, 9.17) is 0 Å². The summed E-state index contributed by atoms with van der Waals surface area (Å²) in [6.07, 6.45) is 17.6. The fourth-order valence-electron chi connectivity index (χ4n) is 2.46. The number of hydrogen-bond donors (Lipinski definition) is 0. The van der Waals surface area contributed by atoms with E-state index in [1.165, 1.54) is 35.1 Å². The summed E-state index contributed by atoms with van der Waals surface area (Å²) in [4.78, 5) is 0. The van der Waals surface area contributed by atoms with E-state index in [-0.39, 0.29) is 19.5 Å². The molecule has 0 aliphatic carbocycles. The van der Waals surface area contributed by atoms with Crippen molar-refractivity contribution in [3.8, 4) is 0 Å². The van der Waals surface area contributed by atoms with Gasteiger partial charge in [-0.15, -0.1) is 0 Å². The summed E-state index contributed by atoms with van der Waals surface area (Å²) < 4.78 is 0. The van der Waals surface area contributed by atoms with Crippen molar-refractivity contribution in [2.24, 2.45) is 11.3 Å². The summed E-state index contributed by atoms with van der Waals surface area (Å²) in [5, 5.41) is 0. The topological polar surface area (TPSA) is 0 Å². The van der Waals surface area contributed by atoms with Crippen molar-refractivity contribution in [1.82, 2.24) is 0 Å². The van der Waals surface area contributed by atoms with E-state index in [9.17, 15) is 0 Å². The number of rotatable bonds is 10. The van der Waals surface area contributed by atoms with Gasteiger partial charge in [0.15, 0.2) is 0 Å². The Morgan fingerprint density at radius 1 is 0.885 bits per heavy atom. The first-order valence-corrected chi connectivity index (χ1v) is 10.0. The summed E-state index contributed by atoms with van der Waals surface area (Å²) in [5.74, 6) is 0.595. The molecular formula is C25H43Rh-. The average molecular weight is 447 g/mol. The molecule has 0 amide bonds. The third-order valence-electron chi connectivity index (χ3n) is 4.64. The molecule has 0 aromatic heterocycles. The van der Waals surface area contributed by atoms with Gasteiger partial charge in [-0.2, -0.15) is 6.42 Å². The van der Waals surface area contributed by atoms with Crippen LogP contribution in [0.25, 0.3) is 0 Å². The molecule has 0 bridgehead atoms. The van der Waals surface area contributed by atoms with Crippen LogP contribution in [0.2, 0.25) is 0 Å². The van der Waals surface area contributed by atoms with Gasteiger partial charge in [0.1, 0.15) is 0 Å². The van der Waals surface area contributed by atoms with E-state index >= 15 is 0 Å². The number of hydrogen-bond acceptors (Lipinski definition) is 0. The molecule has 0 saturated carbocycles. The Kier molecular flexibility index (Phi) is 15.6. The Hall–Kier alpha value is -0.417. The Labute approximate surface area is 178 Å². The van der Waals surface area contributed by atoms with Crippen molar-refractivity contribution in [1.29, 1.82) is 0 Å². The van der Waals surface area contributed by atoms with Gasteiger partial charge < -0.3 is 6.08 Å². The van der Waals surface area contributed by atoms with Gasteiger partial charge in [-0.25, -0.2) is 0 Å². The summed E-state index contributed by atoms with van der Waals surface area (Å²) in [7, 11) is 0. The van der Waals surface area contributed by atoms with Gasteiger partial charge in [-0.05, 0) is 58.8 Å². The van der Waals surface area contributed by atoms with Crippen LogP contribution in [-0.2, 0) is 19.5 Å². The van der Waals surface area contributed by atoms with Gasteiger partial charge >= 0.3 is 0 Å². The van der Waals surface area contributed by atoms with Crippen molar-refractivity contribution in [2.75, 3.05) is 0 Å². The molecule has 0 N–H and O–H groups in total. The zero-order valence-electron chi connectivity index (χ0n) is 18.9. The van der Waals surface area contributed by atoms with Gasteiger partial charge in [0.05, 0.1) is 0 Å². The van der Waals surface area contributed by atoms with Gasteiger partial charge in [-0.1, -0.05) is 81.9 Å². The van der Waals surface area contributed by atoms with E-state index in [0.29, 0.717) is 11.3 Å². The van der Waals surface area contributed by atoms with Crippen LogP contribution in [0.5, 0.6) is 0 Å². The molecule has 0 saturated heterocycles. The fourth-order valence-corrected chi connectivity index (χ4v) is 2.46. The second-order valence-electron chi connectivity index (χ2n) is 9.18. The summed E-state index contributed by atoms with van der Waals surface area (Å²) in [6, 6.07) is 0. The van der Waals surface area contributed by atoms with Gasteiger partial charge in [0, 0.05) is 19.5 Å². The van der Waals surface area contributed by atoms with Gasteiger partial charge in [-0.3, -0.25) is 5.57 Å². The van der Waals surface area contributed by atoms with E-state index < -0.39 is 0 Å². The second-order valence-corrected chi connectivity index (χ2v) is 9.18. The molecule has 1 atom stereocenters. The Bertz CT molecular complexity index is 491. The minimum Gasteiger partial charge on any atom is -0.497 e. The van der Waals surface area contributed by atoms with Crippen molar-refractivity contribution in [3.05, 3.63) is 46.6 Å². The molecular weight excluding hydrogens is 403 g/mol. The SMILES string of the molecule is CC(=[C-]CC/C(C)=C/CC(C)(C)C)C(C)C/C=C(\C)CCC=C(C)C.[Rh]. The van der Waals surface area contributed by atoms with Crippen molar-refractivity contribution < 1.29 is 19.5 Å². The number of allylic oxidation sites excluding steroid dienone is 8. The van der Waals surface area contributed by atoms with Crippen LogP contribution in [0.1, 0.15) is 101 Å². The van der Waals surface area contributed by atoms with Crippen LogP contribution in [0.3, 0.4) is 0 Å². The first-order chi connectivity index (χ1) is 11.5. The molecule has 1 unspecified atom stereocenters. The van der Waals surface area contributed by atoms with Crippen molar-refractivity contribution >= 4 is 0 Å². The predicted molar refractivity (Wildman–Crippen MR) is 116 cm³/mol. The molecule has 0 nitrogen and oxygen atoms in total. The molecule has 0 heterocycles. The van der Waals surface area contributed by atoms with Crippen molar-refractivity contribution in [2.45, 2.75) is 101 Å². The Balaban J connectivity index is 0. The standard InChI is InChI=1S/C25H43.Rh/c1-20(2)12-10-13-21(3)16-17-24(6)23(5)15-11-14-22(4)18-19-25(7,8)9;/h12,16,18,24H,10-11,13-14,17,19H2,1-9H3;/q-1;/b21-16+,22-18+;. The molecule has 1 heteroatoms. The quantitative estimate of drug-likeness (QED) is 0.179. The van der Waals surface area contributed by atoms with Crippen molar-refractivity contribution in [3.63, 3.8) is 0 Å². The zero-order valence-corrected chi connectivity index (χ0v) is 20.5. The van der Waals surface area contributed by atoms with Gasteiger partial charge in [0.25, 0.3) is 0 Å². The van der Waals surface area contributed by atoms with Crippen LogP contribution in [-0.4, -0.2) is 0 Å². The third kappa shape index (κ3) is 17.0. The summed E-state index contributed by atoms with van der Waals surface area (Å²) in [6.45, 7) is 20.3. The summed E-state index contributed by atoms with van der Waals surface area (Å²) in [5.41, 5.74) is 6.23. The first-order valence-electron chi connectivity index (χ1n) is 10.0. The largest absolute Gasteiger partial charge is 0.497 e. The van der Waals surface area contributed by atoms with Crippen LogP contribution >= 0.6 is 0 Å². The Morgan fingerprint density at radius 2 is 1.46 bits per heavy atom. The fraction of sp³-hybridized carbons (Fsp3) is 0.680. The van der Waals surface area contributed by atoms with Gasteiger partial charge in [0.2, 0.25) is 0 Å². The third-order valence-corrected chi connectivity index (χ3v) is 4.64. The molecule has 26 heavy (non-hydrogen) atoms. The van der Waals surface area contributed by atoms with Crippen LogP contribution in [0, 0.1) is 17.4 Å². The maximum atomic E-state index is 3.63. The molecule has 0 fully saturated rings. The van der Waals surface area contributed by atoms with E-state index in [0.717, 1.165) is 25.7 Å². The monoisotopic (exact) mass is 446 g/mol. The molecule has 0 spiro atoms. The molecule has 0 aromatic carbocycles. The van der Waals surface area contributed by atoms with Crippen LogP contribution in [0.15, 0.2) is 40.5 Å². The van der Waals surface area contributed by atoms with Crippen LogP contribution < -0.4 is 0 Å². The Morgan fingerprint density at radius 3 is 2.00 bits per heavy atom. The minimum atomic E-state index is 0. The maximum Gasteiger partial charge on any atom is 0 e. The molecule has 0 rings (SSSR count). The van der Waals surface area contributed by atoms with E-state index in [1.54, 1.807) is 0 Å². The minimum absolute atomic E-state index is 0. The van der Waals surface area contributed by atoms with E-state index in [2.05, 4.69) is 86.6 Å². The average Bonchev–Trinajstić information content (AvgIpc) is 2.49. The zero-order chi connectivity index (χ0) is 19.5. The van der Waals surface area contributed by atoms with E-state index in [1.807, 2.05) is 0 Å². The first kappa shape index (κ1) is 27.8. The molecule has 1 radical (unpaired) electrons.